The summed E-state index contributed by atoms with van der Waals surface area (Å²) in [5.41, 5.74) is 0.477. The van der Waals surface area contributed by atoms with Gasteiger partial charge in [-0.1, -0.05) is 36.4 Å². The number of benzene rings is 2. The number of hydrogen-bond donors (Lipinski definition) is 0. The van der Waals surface area contributed by atoms with E-state index in [0.29, 0.717) is 18.5 Å². The van der Waals surface area contributed by atoms with Crippen LogP contribution in [-0.4, -0.2) is 83.9 Å². The maximum atomic E-state index is 16.8. The molecule has 45 heavy (non-hydrogen) atoms. The molecule has 4 aliphatic rings. The SMILES string of the molecule is [2H]C([2H])(F)Oc1c(F)ccc2cccc(-c3ncc4c(N5CCOC[C@H]6[C@H](F)[C@H]65)nc(OC[C@@]56CCCN5CC(=C)C6)nc4c3F)c12. The van der Waals surface area contributed by atoms with Crippen LogP contribution in [0.2, 0.25) is 0 Å². The van der Waals surface area contributed by atoms with Crippen molar-refractivity contribution >= 4 is 27.5 Å². The van der Waals surface area contributed by atoms with Crippen LogP contribution in [0.1, 0.15) is 22.0 Å². The third kappa shape index (κ3) is 4.60. The molecule has 0 bridgehead atoms. The lowest BCUT2D eigenvalue weighted by atomic mass is 9.94. The molecule has 4 atom stereocenters. The van der Waals surface area contributed by atoms with E-state index >= 15 is 4.39 Å². The quantitative estimate of drug-likeness (QED) is 0.190. The summed E-state index contributed by atoms with van der Waals surface area (Å²) in [4.78, 5) is 17.7. The summed E-state index contributed by atoms with van der Waals surface area (Å²) >= 11 is 0. The van der Waals surface area contributed by atoms with Crippen LogP contribution in [-0.2, 0) is 4.74 Å². The Hall–Kier alpha value is -4.03. The van der Waals surface area contributed by atoms with E-state index in [9.17, 15) is 13.2 Å². The fourth-order valence-electron chi connectivity index (χ4n) is 7.48. The van der Waals surface area contributed by atoms with E-state index in [1.54, 1.807) is 17.0 Å². The van der Waals surface area contributed by atoms with Crippen LogP contribution in [0.4, 0.5) is 23.4 Å². The minimum atomic E-state index is -3.71. The average Bonchev–Trinajstić information content (AvgIpc) is 3.44. The Kier molecular flexibility index (Phi) is 6.29. The fourth-order valence-corrected chi connectivity index (χ4v) is 7.48. The Morgan fingerprint density at radius 1 is 1.16 bits per heavy atom. The van der Waals surface area contributed by atoms with E-state index in [0.717, 1.165) is 44.0 Å². The number of nitrogens with zero attached hydrogens (tertiary/aromatic N) is 5. The topological polar surface area (TPSA) is 72.8 Å². The molecule has 1 saturated carbocycles. The smallest absolute Gasteiger partial charge is 0.319 e. The largest absolute Gasteiger partial charge is 0.461 e. The van der Waals surface area contributed by atoms with E-state index in [1.807, 2.05) is 0 Å². The number of pyridine rings is 1. The van der Waals surface area contributed by atoms with Crippen LogP contribution < -0.4 is 14.4 Å². The van der Waals surface area contributed by atoms with Crippen molar-refractivity contribution in [2.24, 2.45) is 5.92 Å². The van der Waals surface area contributed by atoms with Crippen molar-refractivity contribution in [1.82, 2.24) is 19.9 Å². The molecule has 0 radical (unpaired) electrons. The van der Waals surface area contributed by atoms with E-state index in [-0.39, 0.29) is 64.0 Å². The van der Waals surface area contributed by atoms with Gasteiger partial charge in [-0.15, -0.1) is 0 Å². The third-order valence-corrected chi connectivity index (χ3v) is 9.65. The van der Waals surface area contributed by atoms with Gasteiger partial charge < -0.3 is 19.1 Å². The first-order valence-corrected chi connectivity index (χ1v) is 15.0. The zero-order chi connectivity index (χ0) is 32.7. The molecule has 8 nitrogen and oxygen atoms in total. The van der Waals surface area contributed by atoms with Crippen LogP contribution in [0.5, 0.6) is 11.8 Å². The lowest BCUT2D eigenvalue weighted by molar-refractivity contribution is 0.108. The summed E-state index contributed by atoms with van der Waals surface area (Å²) in [5.74, 6) is -2.74. The molecule has 3 aliphatic heterocycles. The van der Waals surface area contributed by atoms with Crippen molar-refractivity contribution < 1.29 is 34.5 Å². The number of anilines is 1. The van der Waals surface area contributed by atoms with Gasteiger partial charge in [-0.05, 0) is 37.3 Å². The van der Waals surface area contributed by atoms with Crippen LogP contribution in [0.25, 0.3) is 32.9 Å². The van der Waals surface area contributed by atoms with Crippen molar-refractivity contribution in [1.29, 1.82) is 0 Å². The zero-order valence-electron chi connectivity index (χ0n) is 26.2. The number of fused-ring (bicyclic) bond motifs is 4. The predicted octanol–water partition coefficient (Wildman–Crippen LogP) is 5.78. The minimum Gasteiger partial charge on any atom is -0.461 e. The molecule has 8 rings (SSSR count). The van der Waals surface area contributed by atoms with Gasteiger partial charge in [0, 0.05) is 36.2 Å². The predicted molar refractivity (Wildman–Crippen MR) is 160 cm³/mol. The molecule has 0 spiro atoms. The summed E-state index contributed by atoms with van der Waals surface area (Å²) in [6.07, 6.45) is 2.92. The molecular formula is C33H31F4N5O3. The molecule has 3 saturated heterocycles. The number of ether oxygens (including phenoxy) is 3. The first-order valence-electron chi connectivity index (χ1n) is 16.0. The molecule has 5 heterocycles. The number of aromatic nitrogens is 3. The van der Waals surface area contributed by atoms with Gasteiger partial charge in [0.2, 0.25) is 6.81 Å². The monoisotopic (exact) mass is 623 g/mol. The van der Waals surface area contributed by atoms with Gasteiger partial charge in [-0.2, -0.15) is 9.97 Å². The van der Waals surface area contributed by atoms with E-state index in [2.05, 4.69) is 21.4 Å². The Labute approximate surface area is 259 Å². The second-order valence-corrected chi connectivity index (χ2v) is 12.3. The Balaban J connectivity index is 1.28. The molecule has 0 N–H and O–H groups in total. The summed E-state index contributed by atoms with van der Waals surface area (Å²) in [7, 11) is 0. The number of alkyl halides is 2. The molecule has 2 aromatic heterocycles. The molecule has 4 fully saturated rings. The van der Waals surface area contributed by atoms with Crippen molar-refractivity contribution in [2.45, 2.75) is 37.0 Å². The standard InChI is InChI=1S/C33H31F4N5O3/c1-18-12-33(8-3-9-41(33)14-18)16-44-32-39-28-21(31(40-32)42-10-11-43-15-22-25(36)29(22)42)13-38-27(26(28)37)20-5-2-4-19-6-7-23(35)30(24(19)20)45-17-34/h2,4-7,13,22,25,29H,1,3,8-12,14-17H2/t22-,25-,29-,33-/m0/s1/i17D2. The number of halogens is 4. The number of rotatable bonds is 7. The first kappa shape index (κ1) is 26.2. The van der Waals surface area contributed by atoms with Crippen LogP contribution in [0, 0.1) is 17.6 Å². The normalized spacial score (nSPS) is 27.2. The lowest BCUT2D eigenvalue weighted by Crippen LogP contribution is -2.43. The third-order valence-electron chi connectivity index (χ3n) is 9.65. The highest BCUT2D eigenvalue weighted by Gasteiger charge is 2.56. The van der Waals surface area contributed by atoms with Gasteiger partial charge in [0.1, 0.15) is 32.5 Å². The van der Waals surface area contributed by atoms with Gasteiger partial charge in [-0.3, -0.25) is 9.88 Å². The van der Waals surface area contributed by atoms with Gasteiger partial charge in [0.25, 0.3) is 0 Å². The Morgan fingerprint density at radius 2 is 2.04 bits per heavy atom. The summed E-state index contributed by atoms with van der Waals surface area (Å²) in [5, 5.41) is 0.489. The number of hydrogen-bond acceptors (Lipinski definition) is 8. The van der Waals surface area contributed by atoms with E-state index in [4.69, 9.17) is 21.9 Å². The lowest BCUT2D eigenvalue weighted by Gasteiger charge is -2.31. The highest BCUT2D eigenvalue weighted by Crippen LogP contribution is 2.46. The first-order chi connectivity index (χ1) is 22.5. The summed E-state index contributed by atoms with van der Waals surface area (Å²) in [6, 6.07) is 6.43. The van der Waals surface area contributed by atoms with Crippen LogP contribution in [0.3, 0.4) is 0 Å². The molecule has 1 aliphatic carbocycles. The molecule has 0 unspecified atom stereocenters. The maximum absolute atomic E-state index is 16.8. The second kappa shape index (κ2) is 10.8. The van der Waals surface area contributed by atoms with E-state index in [1.165, 1.54) is 18.3 Å². The molecule has 2 aromatic carbocycles. The highest BCUT2D eigenvalue weighted by atomic mass is 19.1. The molecular weight excluding hydrogens is 590 g/mol. The van der Waals surface area contributed by atoms with E-state index < -0.39 is 36.4 Å². The molecule has 0 amide bonds. The minimum absolute atomic E-state index is 0.0301. The fraction of sp³-hybridized carbons (Fsp3) is 0.424. The maximum Gasteiger partial charge on any atom is 0.319 e. The molecule has 234 valence electrons. The van der Waals surface area contributed by atoms with Crippen molar-refractivity contribution in [2.75, 3.05) is 51.2 Å². The Bertz CT molecular complexity index is 1930. The van der Waals surface area contributed by atoms with Gasteiger partial charge in [0.05, 0.1) is 30.2 Å². The van der Waals surface area contributed by atoms with Gasteiger partial charge in [-0.25, -0.2) is 17.6 Å². The molecule has 12 heteroatoms. The Morgan fingerprint density at radius 3 is 2.91 bits per heavy atom. The van der Waals surface area contributed by atoms with Gasteiger partial charge in [0.15, 0.2) is 17.4 Å². The van der Waals surface area contributed by atoms with Crippen molar-refractivity contribution in [3.8, 4) is 23.0 Å². The van der Waals surface area contributed by atoms with Gasteiger partial charge >= 0.3 is 6.01 Å². The van der Waals surface area contributed by atoms with Crippen LogP contribution >= 0.6 is 0 Å². The van der Waals surface area contributed by atoms with Crippen molar-refractivity contribution in [3.63, 3.8) is 0 Å². The zero-order valence-corrected chi connectivity index (χ0v) is 24.2. The summed E-state index contributed by atoms with van der Waals surface area (Å²) in [6.45, 7) is 3.32. The van der Waals surface area contributed by atoms with Crippen molar-refractivity contribution in [3.05, 3.63) is 60.3 Å². The highest BCUT2D eigenvalue weighted by molar-refractivity contribution is 6.02. The van der Waals surface area contributed by atoms with Crippen LogP contribution in [0.15, 0.2) is 48.7 Å². The molecule has 4 aromatic rings. The average molecular weight is 624 g/mol. The summed E-state index contributed by atoms with van der Waals surface area (Å²) < 4.78 is 91.9. The second-order valence-electron chi connectivity index (χ2n) is 12.3.